The summed E-state index contributed by atoms with van der Waals surface area (Å²) in [5.74, 6) is 0.796. The minimum Gasteiger partial charge on any atom is -0.369 e. The normalized spacial score (nSPS) is 11.4. The van der Waals surface area contributed by atoms with Gasteiger partial charge in [-0.25, -0.2) is 9.97 Å². The molecule has 7 heteroatoms. The number of alkyl halides is 3. The van der Waals surface area contributed by atoms with Gasteiger partial charge in [-0.05, 0) is 35.0 Å². The molecule has 0 aliphatic heterocycles. The number of benzene rings is 1. The van der Waals surface area contributed by atoms with E-state index in [-0.39, 0.29) is 5.82 Å². The first-order chi connectivity index (χ1) is 9.41. The Kier molecular flexibility index (Phi) is 4.27. The van der Waals surface area contributed by atoms with E-state index in [9.17, 15) is 13.2 Å². The van der Waals surface area contributed by atoms with Gasteiger partial charge in [-0.1, -0.05) is 12.1 Å². The first-order valence-electron chi connectivity index (χ1n) is 5.86. The van der Waals surface area contributed by atoms with Crippen LogP contribution in [-0.4, -0.2) is 16.5 Å². The van der Waals surface area contributed by atoms with Crippen molar-refractivity contribution in [3.05, 3.63) is 40.5 Å². The molecule has 0 bridgehead atoms. The zero-order valence-electron chi connectivity index (χ0n) is 10.5. The van der Waals surface area contributed by atoms with Crippen LogP contribution in [0.25, 0.3) is 11.4 Å². The molecule has 20 heavy (non-hydrogen) atoms. The van der Waals surface area contributed by atoms with Crippen molar-refractivity contribution >= 4 is 21.7 Å². The van der Waals surface area contributed by atoms with Gasteiger partial charge in [0.05, 0.1) is 10.0 Å². The minimum atomic E-state index is -4.38. The zero-order chi connectivity index (χ0) is 14.8. The molecule has 0 aliphatic carbocycles. The summed E-state index contributed by atoms with van der Waals surface area (Å²) in [5, 5.41) is 3.01. The lowest BCUT2D eigenvalue weighted by molar-refractivity contribution is -0.137. The third-order valence-electron chi connectivity index (χ3n) is 2.54. The monoisotopic (exact) mass is 345 g/mol. The molecule has 1 heterocycles. The van der Waals surface area contributed by atoms with E-state index in [4.69, 9.17) is 0 Å². The summed E-state index contributed by atoms with van der Waals surface area (Å²) in [6.45, 7) is 2.55. The molecule has 0 spiro atoms. The van der Waals surface area contributed by atoms with E-state index < -0.39 is 11.7 Å². The van der Waals surface area contributed by atoms with Crippen LogP contribution in [0.1, 0.15) is 12.5 Å². The maximum Gasteiger partial charge on any atom is 0.416 e. The summed E-state index contributed by atoms with van der Waals surface area (Å²) >= 11 is 3.28. The lowest BCUT2D eigenvalue weighted by atomic mass is 10.1. The Bertz CT molecular complexity index is 614. The van der Waals surface area contributed by atoms with E-state index in [0.29, 0.717) is 22.4 Å². The largest absolute Gasteiger partial charge is 0.416 e. The van der Waals surface area contributed by atoms with Crippen molar-refractivity contribution in [2.75, 3.05) is 11.9 Å². The number of nitrogens with zero attached hydrogens (tertiary/aromatic N) is 2. The third kappa shape index (κ3) is 3.27. The number of nitrogens with one attached hydrogen (secondary N) is 1. The molecular weight excluding hydrogens is 335 g/mol. The molecular formula is C13H11BrF3N3. The number of hydrogen-bond donors (Lipinski definition) is 1. The van der Waals surface area contributed by atoms with Crippen LogP contribution in [0.3, 0.4) is 0 Å². The smallest absolute Gasteiger partial charge is 0.369 e. The molecule has 106 valence electrons. The summed E-state index contributed by atoms with van der Waals surface area (Å²) in [5.41, 5.74) is -0.391. The highest BCUT2D eigenvalue weighted by Gasteiger charge is 2.30. The van der Waals surface area contributed by atoms with Gasteiger partial charge >= 0.3 is 6.18 Å². The van der Waals surface area contributed by atoms with Gasteiger partial charge in [0, 0.05) is 18.3 Å². The van der Waals surface area contributed by atoms with Gasteiger partial charge in [0.25, 0.3) is 0 Å². The molecule has 2 rings (SSSR count). The second kappa shape index (κ2) is 5.78. The lowest BCUT2D eigenvalue weighted by Crippen LogP contribution is -2.05. The lowest BCUT2D eigenvalue weighted by Gasteiger charge is -2.10. The van der Waals surface area contributed by atoms with Crippen molar-refractivity contribution < 1.29 is 13.2 Å². The molecule has 0 amide bonds. The molecule has 1 N–H and O–H groups in total. The van der Waals surface area contributed by atoms with Crippen molar-refractivity contribution in [3.63, 3.8) is 0 Å². The first kappa shape index (κ1) is 14.8. The van der Waals surface area contributed by atoms with Gasteiger partial charge in [0.1, 0.15) is 5.82 Å². The highest BCUT2D eigenvalue weighted by molar-refractivity contribution is 9.10. The van der Waals surface area contributed by atoms with Crippen LogP contribution >= 0.6 is 15.9 Å². The molecule has 0 saturated heterocycles. The molecule has 1 aromatic carbocycles. The van der Waals surface area contributed by atoms with Crippen LogP contribution in [0.2, 0.25) is 0 Å². The fourth-order valence-electron chi connectivity index (χ4n) is 1.63. The Hall–Kier alpha value is -1.63. The predicted octanol–water partition coefficient (Wildman–Crippen LogP) is 4.36. The summed E-state index contributed by atoms with van der Waals surface area (Å²) in [6, 6.07) is 4.96. The number of anilines is 1. The average Bonchev–Trinajstić information content (AvgIpc) is 2.41. The number of halogens is 4. The van der Waals surface area contributed by atoms with Crippen LogP contribution in [0, 0.1) is 0 Å². The van der Waals surface area contributed by atoms with Crippen molar-refractivity contribution in [1.82, 2.24) is 9.97 Å². The van der Waals surface area contributed by atoms with Crippen LogP contribution in [0.5, 0.6) is 0 Å². The molecule has 0 saturated carbocycles. The van der Waals surface area contributed by atoms with Gasteiger partial charge in [0.2, 0.25) is 0 Å². The molecule has 2 aromatic rings. The highest BCUT2D eigenvalue weighted by Crippen LogP contribution is 2.32. The summed E-state index contributed by atoms with van der Waals surface area (Å²) < 4.78 is 38.7. The van der Waals surface area contributed by atoms with Crippen LogP contribution in [0.4, 0.5) is 19.0 Å². The fraction of sp³-hybridized carbons (Fsp3) is 0.231. The van der Waals surface area contributed by atoms with E-state index in [1.165, 1.54) is 12.3 Å². The summed E-state index contributed by atoms with van der Waals surface area (Å²) in [6.07, 6.45) is -2.86. The van der Waals surface area contributed by atoms with Gasteiger partial charge in [-0.2, -0.15) is 13.2 Å². The molecule has 0 atom stereocenters. The van der Waals surface area contributed by atoms with Gasteiger partial charge in [-0.3, -0.25) is 0 Å². The highest BCUT2D eigenvalue weighted by atomic mass is 79.9. The molecule has 3 nitrogen and oxygen atoms in total. The Balaban J connectivity index is 2.44. The second-order valence-corrected chi connectivity index (χ2v) is 4.85. The first-order valence-corrected chi connectivity index (χ1v) is 6.65. The van der Waals surface area contributed by atoms with Crippen molar-refractivity contribution in [2.45, 2.75) is 13.1 Å². The maximum absolute atomic E-state index is 12.7. The van der Waals surface area contributed by atoms with Crippen molar-refractivity contribution in [1.29, 1.82) is 0 Å². The fourth-order valence-corrected chi connectivity index (χ4v) is 1.96. The standard InChI is InChI=1S/C13H11BrF3N3/c1-2-18-12-10(14)7-19-11(20-12)8-4-3-5-9(6-8)13(15,16)17/h3-7H,2H2,1H3,(H,18,19,20). The maximum atomic E-state index is 12.7. The van der Waals surface area contributed by atoms with Gasteiger partial charge in [0.15, 0.2) is 5.82 Å². The molecule has 0 radical (unpaired) electrons. The second-order valence-electron chi connectivity index (χ2n) is 4.00. The third-order valence-corrected chi connectivity index (χ3v) is 3.12. The SMILES string of the molecule is CCNc1nc(-c2cccc(C(F)(F)F)c2)ncc1Br. The van der Waals surface area contributed by atoms with Crippen LogP contribution < -0.4 is 5.32 Å². The Labute approximate surface area is 122 Å². The van der Waals surface area contributed by atoms with Gasteiger partial charge in [-0.15, -0.1) is 0 Å². The topological polar surface area (TPSA) is 37.8 Å². The van der Waals surface area contributed by atoms with E-state index in [2.05, 4.69) is 31.2 Å². The van der Waals surface area contributed by atoms with E-state index in [1.54, 1.807) is 6.07 Å². The average molecular weight is 346 g/mol. The quantitative estimate of drug-likeness (QED) is 0.898. The minimum absolute atomic E-state index is 0.246. The van der Waals surface area contributed by atoms with Crippen molar-refractivity contribution in [2.24, 2.45) is 0 Å². The Morgan fingerprint density at radius 3 is 2.70 bits per heavy atom. The number of aromatic nitrogens is 2. The van der Waals surface area contributed by atoms with Crippen LogP contribution in [-0.2, 0) is 6.18 Å². The Morgan fingerprint density at radius 2 is 2.05 bits per heavy atom. The molecule has 0 unspecified atom stereocenters. The predicted molar refractivity (Wildman–Crippen MR) is 74.3 cm³/mol. The molecule has 0 fully saturated rings. The van der Waals surface area contributed by atoms with Crippen LogP contribution in [0.15, 0.2) is 34.9 Å². The van der Waals surface area contributed by atoms with E-state index >= 15 is 0 Å². The number of hydrogen-bond acceptors (Lipinski definition) is 3. The summed E-state index contributed by atoms with van der Waals surface area (Å²) in [4.78, 5) is 8.27. The van der Waals surface area contributed by atoms with Gasteiger partial charge < -0.3 is 5.32 Å². The molecule has 0 aliphatic rings. The molecule has 1 aromatic heterocycles. The Morgan fingerprint density at radius 1 is 1.30 bits per heavy atom. The van der Waals surface area contributed by atoms with E-state index in [0.717, 1.165) is 12.1 Å². The zero-order valence-corrected chi connectivity index (χ0v) is 12.1. The van der Waals surface area contributed by atoms with E-state index in [1.807, 2.05) is 6.92 Å². The summed E-state index contributed by atoms with van der Waals surface area (Å²) in [7, 11) is 0. The number of rotatable bonds is 3. The van der Waals surface area contributed by atoms with Crippen molar-refractivity contribution in [3.8, 4) is 11.4 Å².